The van der Waals surface area contributed by atoms with E-state index in [1.807, 2.05) is 26.0 Å². The van der Waals surface area contributed by atoms with E-state index in [0.29, 0.717) is 13.2 Å². The van der Waals surface area contributed by atoms with Crippen LogP contribution in [0.25, 0.3) is 0 Å². The lowest BCUT2D eigenvalue weighted by Gasteiger charge is -2.35. The van der Waals surface area contributed by atoms with E-state index in [9.17, 15) is 4.79 Å². The maximum atomic E-state index is 11.7. The molecule has 0 radical (unpaired) electrons. The molecule has 2 atom stereocenters. The smallest absolute Gasteiger partial charge is 0.310 e. The Balaban J connectivity index is 2.10. The maximum Gasteiger partial charge on any atom is 0.310 e. The zero-order valence-electron chi connectivity index (χ0n) is 11.6. The molecular weight excluding hydrogens is 240 g/mol. The van der Waals surface area contributed by atoms with Crippen LogP contribution >= 0.6 is 0 Å². The number of ether oxygens (including phenoxy) is 1. The lowest BCUT2D eigenvalue weighted by atomic mass is 9.97. The van der Waals surface area contributed by atoms with Gasteiger partial charge in [0.1, 0.15) is 0 Å². The van der Waals surface area contributed by atoms with Crippen LogP contribution in [0.15, 0.2) is 24.3 Å². The fourth-order valence-electron chi connectivity index (χ4n) is 2.58. The third-order valence-electron chi connectivity index (χ3n) is 3.45. The number of nitrogens with two attached hydrogens (primary N) is 1. The summed E-state index contributed by atoms with van der Waals surface area (Å²) in [6, 6.07) is 8.39. The molecule has 1 aromatic rings. The summed E-state index contributed by atoms with van der Waals surface area (Å²) in [5, 5.41) is 0. The number of hydrogen-bond donors (Lipinski definition) is 1. The zero-order valence-corrected chi connectivity index (χ0v) is 11.6. The first-order valence-corrected chi connectivity index (χ1v) is 6.87. The predicted octanol–water partition coefficient (Wildman–Crippen LogP) is 1.58. The van der Waals surface area contributed by atoms with Gasteiger partial charge in [0, 0.05) is 24.8 Å². The molecule has 2 rings (SSSR count). The van der Waals surface area contributed by atoms with Gasteiger partial charge in [0.05, 0.1) is 12.5 Å². The van der Waals surface area contributed by atoms with E-state index in [1.165, 1.54) is 11.3 Å². The fourth-order valence-corrected chi connectivity index (χ4v) is 2.58. The number of esters is 1. The zero-order chi connectivity index (χ0) is 13.8. The van der Waals surface area contributed by atoms with Crippen LogP contribution in [0.5, 0.6) is 0 Å². The molecule has 0 bridgehead atoms. The molecule has 2 N–H and O–H groups in total. The Kier molecular flexibility index (Phi) is 4.43. The molecule has 4 nitrogen and oxygen atoms in total. The molecule has 104 valence electrons. The van der Waals surface area contributed by atoms with Gasteiger partial charge >= 0.3 is 5.97 Å². The van der Waals surface area contributed by atoms with Crippen LogP contribution in [-0.4, -0.2) is 31.7 Å². The average Bonchev–Trinajstić information content (AvgIpc) is 2.38. The quantitative estimate of drug-likeness (QED) is 0.837. The number of carbonyl (C=O) groups is 1. The van der Waals surface area contributed by atoms with E-state index >= 15 is 0 Å². The SMILES string of the molecule is CCOC(=O)C(C)CN1CC(N)Cc2ccccc21. The summed E-state index contributed by atoms with van der Waals surface area (Å²) in [5.74, 6) is -0.280. The van der Waals surface area contributed by atoms with Gasteiger partial charge in [0.2, 0.25) is 0 Å². The molecule has 0 saturated carbocycles. The minimum atomic E-state index is -0.140. The number of para-hydroxylation sites is 1. The Labute approximate surface area is 114 Å². The number of carbonyl (C=O) groups excluding carboxylic acids is 1. The number of nitrogens with zero attached hydrogens (tertiary/aromatic N) is 1. The van der Waals surface area contributed by atoms with E-state index in [4.69, 9.17) is 10.5 Å². The lowest BCUT2D eigenvalue weighted by molar-refractivity contribution is -0.147. The molecule has 4 heteroatoms. The third kappa shape index (κ3) is 3.26. The van der Waals surface area contributed by atoms with Crippen LogP contribution in [0.4, 0.5) is 5.69 Å². The Morgan fingerprint density at radius 3 is 3.00 bits per heavy atom. The first-order chi connectivity index (χ1) is 9.11. The molecule has 0 fully saturated rings. The van der Waals surface area contributed by atoms with E-state index in [-0.39, 0.29) is 17.9 Å². The summed E-state index contributed by atoms with van der Waals surface area (Å²) in [7, 11) is 0. The summed E-state index contributed by atoms with van der Waals surface area (Å²) >= 11 is 0. The highest BCUT2D eigenvalue weighted by Gasteiger charge is 2.25. The van der Waals surface area contributed by atoms with Crippen molar-refractivity contribution in [2.24, 2.45) is 11.7 Å². The van der Waals surface area contributed by atoms with E-state index < -0.39 is 0 Å². The van der Waals surface area contributed by atoms with Crippen molar-refractivity contribution < 1.29 is 9.53 Å². The number of rotatable bonds is 4. The average molecular weight is 262 g/mol. The normalized spacial score (nSPS) is 19.7. The predicted molar refractivity (Wildman–Crippen MR) is 76.1 cm³/mol. The van der Waals surface area contributed by atoms with Crippen LogP contribution in [-0.2, 0) is 16.0 Å². The van der Waals surface area contributed by atoms with Gasteiger partial charge < -0.3 is 15.4 Å². The fraction of sp³-hybridized carbons (Fsp3) is 0.533. The van der Waals surface area contributed by atoms with Crippen LogP contribution in [0.1, 0.15) is 19.4 Å². The molecule has 2 unspecified atom stereocenters. The number of hydrogen-bond acceptors (Lipinski definition) is 4. The minimum absolute atomic E-state index is 0.129. The Hall–Kier alpha value is -1.55. The first-order valence-electron chi connectivity index (χ1n) is 6.87. The highest BCUT2D eigenvalue weighted by Crippen LogP contribution is 2.27. The van der Waals surface area contributed by atoms with Crippen molar-refractivity contribution in [3.8, 4) is 0 Å². The van der Waals surface area contributed by atoms with Crippen molar-refractivity contribution in [1.82, 2.24) is 0 Å². The summed E-state index contributed by atoms with van der Waals surface area (Å²) < 4.78 is 5.06. The molecule has 1 aromatic carbocycles. The van der Waals surface area contributed by atoms with Gasteiger partial charge in [-0.05, 0) is 25.0 Å². The van der Waals surface area contributed by atoms with Gasteiger partial charge in [0.15, 0.2) is 0 Å². The molecular formula is C15H22N2O2. The summed E-state index contributed by atoms with van der Waals surface area (Å²) in [6.45, 7) is 5.61. The topological polar surface area (TPSA) is 55.6 Å². The standard InChI is InChI=1S/C15H22N2O2/c1-3-19-15(18)11(2)9-17-10-13(16)8-12-6-4-5-7-14(12)17/h4-7,11,13H,3,8-10,16H2,1-2H3. The number of fused-ring (bicyclic) bond motifs is 1. The van der Waals surface area contributed by atoms with Gasteiger partial charge in [-0.2, -0.15) is 0 Å². The second-order valence-electron chi connectivity index (χ2n) is 5.15. The number of anilines is 1. The monoisotopic (exact) mass is 262 g/mol. The third-order valence-corrected chi connectivity index (χ3v) is 3.45. The lowest BCUT2D eigenvalue weighted by Crippen LogP contribution is -2.45. The maximum absolute atomic E-state index is 11.7. The van der Waals surface area contributed by atoms with E-state index in [0.717, 1.165) is 13.0 Å². The van der Waals surface area contributed by atoms with Gasteiger partial charge in [-0.3, -0.25) is 4.79 Å². The molecule has 1 aliphatic heterocycles. The summed E-state index contributed by atoms with van der Waals surface area (Å²) in [6.07, 6.45) is 0.903. The highest BCUT2D eigenvalue weighted by molar-refractivity contribution is 5.73. The summed E-state index contributed by atoms with van der Waals surface area (Å²) in [5.41, 5.74) is 8.55. The van der Waals surface area contributed by atoms with Crippen molar-refractivity contribution in [2.45, 2.75) is 26.3 Å². The molecule has 0 aliphatic carbocycles. The second kappa shape index (κ2) is 6.06. The largest absolute Gasteiger partial charge is 0.466 e. The van der Waals surface area contributed by atoms with Crippen LogP contribution in [0, 0.1) is 5.92 Å². The molecule has 0 aromatic heterocycles. The number of benzene rings is 1. The second-order valence-corrected chi connectivity index (χ2v) is 5.15. The van der Waals surface area contributed by atoms with Gasteiger partial charge in [-0.1, -0.05) is 25.1 Å². The van der Waals surface area contributed by atoms with Crippen LogP contribution in [0.2, 0.25) is 0 Å². The molecule has 0 amide bonds. The molecule has 0 spiro atoms. The highest BCUT2D eigenvalue weighted by atomic mass is 16.5. The van der Waals surface area contributed by atoms with Crippen molar-refractivity contribution in [3.63, 3.8) is 0 Å². The van der Waals surface area contributed by atoms with Gasteiger partial charge in [0.25, 0.3) is 0 Å². The van der Waals surface area contributed by atoms with E-state index in [1.54, 1.807) is 0 Å². The first kappa shape index (κ1) is 13.9. The van der Waals surface area contributed by atoms with Crippen molar-refractivity contribution in [3.05, 3.63) is 29.8 Å². The minimum Gasteiger partial charge on any atom is -0.466 e. The molecule has 1 aliphatic rings. The molecule has 1 heterocycles. The Morgan fingerprint density at radius 2 is 2.26 bits per heavy atom. The molecule has 0 saturated heterocycles. The van der Waals surface area contributed by atoms with Gasteiger partial charge in [-0.25, -0.2) is 0 Å². The van der Waals surface area contributed by atoms with Crippen molar-refractivity contribution in [2.75, 3.05) is 24.6 Å². The van der Waals surface area contributed by atoms with Crippen LogP contribution in [0.3, 0.4) is 0 Å². The van der Waals surface area contributed by atoms with Crippen LogP contribution < -0.4 is 10.6 Å². The van der Waals surface area contributed by atoms with Gasteiger partial charge in [-0.15, -0.1) is 0 Å². The molecule has 19 heavy (non-hydrogen) atoms. The van der Waals surface area contributed by atoms with Crippen molar-refractivity contribution >= 4 is 11.7 Å². The summed E-state index contributed by atoms with van der Waals surface area (Å²) in [4.78, 5) is 13.9. The Morgan fingerprint density at radius 1 is 1.53 bits per heavy atom. The van der Waals surface area contributed by atoms with E-state index in [2.05, 4.69) is 17.0 Å². The van der Waals surface area contributed by atoms with Crippen molar-refractivity contribution in [1.29, 1.82) is 0 Å². The Bertz CT molecular complexity index is 448.